The predicted molar refractivity (Wildman–Crippen MR) is 69.7 cm³/mol. The van der Waals surface area contributed by atoms with Crippen LogP contribution in [0.2, 0.25) is 0 Å². The van der Waals surface area contributed by atoms with Crippen molar-refractivity contribution in [3.05, 3.63) is 34.1 Å². The Bertz CT molecular complexity index is 518. The molecule has 1 aliphatic heterocycles. The first-order valence-electron chi connectivity index (χ1n) is 4.64. The van der Waals surface area contributed by atoms with Crippen LogP contribution in [0.1, 0.15) is 5.56 Å². The van der Waals surface area contributed by atoms with Crippen molar-refractivity contribution in [2.45, 2.75) is 0 Å². The lowest BCUT2D eigenvalue weighted by Gasteiger charge is -1.95. The monoisotopic (exact) mass is 315 g/mol. The van der Waals surface area contributed by atoms with Gasteiger partial charge in [0.05, 0.1) is 16.4 Å². The van der Waals surface area contributed by atoms with Gasteiger partial charge in [0.1, 0.15) is 5.82 Å². The van der Waals surface area contributed by atoms with Crippen molar-refractivity contribution in [3.8, 4) is 0 Å². The van der Waals surface area contributed by atoms with Gasteiger partial charge in [0.25, 0.3) is 0 Å². The van der Waals surface area contributed by atoms with Crippen molar-refractivity contribution in [2.75, 3.05) is 5.75 Å². The van der Waals surface area contributed by atoms with E-state index in [0.717, 1.165) is 0 Å². The Balaban J connectivity index is 2.05. The highest BCUT2D eigenvalue weighted by Gasteiger charge is 2.15. The first-order valence-corrected chi connectivity index (χ1v) is 6.42. The molecule has 0 unspecified atom stereocenters. The van der Waals surface area contributed by atoms with Crippen LogP contribution in [0.15, 0.2) is 32.9 Å². The lowest BCUT2D eigenvalue weighted by Crippen LogP contribution is -2.19. The predicted octanol–water partition coefficient (Wildman–Crippen LogP) is 2.14. The highest BCUT2D eigenvalue weighted by Crippen LogP contribution is 2.15. The first kappa shape index (κ1) is 12.3. The van der Waals surface area contributed by atoms with Gasteiger partial charge in [-0.15, -0.1) is 5.10 Å². The molecule has 0 bridgehead atoms. The summed E-state index contributed by atoms with van der Waals surface area (Å²) in [6, 6.07) is 4.64. The fourth-order valence-electron chi connectivity index (χ4n) is 1.12. The van der Waals surface area contributed by atoms with E-state index in [1.807, 2.05) is 0 Å². The van der Waals surface area contributed by atoms with E-state index in [2.05, 4.69) is 31.4 Å². The van der Waals surface area contributed by atoms with E-state index in [1.165, 1.54) is 24.0 Å². The van der Waals surface area contributed by atoms with Gasteiger partial charge in [-0.2, -0.15) is 5.10 Å². The second-order valence-corrected chi connectivity index (χ2v) is 4.98. The highest BCUT2D eigenvalue weighted by atomic mass is 79.9. The molecule has 17 heavy (non-hydrogen) atoms. The third-order valence-corrected chi connectivity index (χ3v) is 3.39. The number of benzene rings is 1. The molecular formula is C10H7BrFN3OS. The van der Waals surface area contributed by atoms with Crippen LogP contribution < -0.4 is 5.32 Å². The third kappa shape index (κ3) is 3.37. The number of amides is 1. The van der Waals surface area contributed by atoms with E-state index in [1.54, 1.807) is 12.1 Å². The summed E-state index contributed by atoms with van der Waals surface area (Å²) in [4.78, 5) is 10.8. The van der Waals surface area contributed by atoms with Crippen molar-refractivity contribution < 1.29 is 9.18 Å². The van der Waals surface area contributed by atoms with E-state index < -0.39 is 0 Å². The summed E-state index contributed by atoms with van der Waals surface area (Å²) >= 11 is 4.35. The zero-order valence-corrected chi connectivity index (χ0v) is 10.9. The zero-order valence-electron chi connectivity index (χ0n) is 8.48. The maximum Gasteiger partial charge on any atom is 0.236 e. The largest absolute Gasteiger partial charge is 0.303 e. The van der Waals surface area contributed by atoms with Gasteiger partial charge in [-0.1, -0.05) is 17.8 Å². The van der Waals surface area contributed by atoms with E-state index in [4.69, 9.17) is 0 Å². The average Bonchev–Trinajstić information content (AvgIpc) is 2.70. The summed E-state index contributed by atoms with van der Waals surface area (Å²) in [5.74, 6) is -0.0786. The van der Waals surface area contributed by atoms with Gasteiger partial charge in [-0.3, -0.25) is 4.79 Å². The van der Waals surface area contributed by atoms with Gasteiger partial charge in [0.15, 0.2) is 5.17 Å². The fourth-order valence-corrected chi connectivity index (χ4v) is 2.00. The minimum atomic E-state index is -0.356. The Morgan fingerprint density at radius 3 is 3.00 bits per heavy atom. The lowest BCUT2D eigenvalue weighted by molar-refractivity contribution is -0.116. The lowest BCUT2D eigenvalue weighted by atomic mass is 10.2. The summed E-state index contributed by atoms with van der Waals surface area (Å²) in [5, 5.41) is 10.6. The molecule has 88 valence electrons. The molecule has 1 saturated heterocycles. The van der Waals surface area contributed by atoms with Crippen LogP contribution in [0, 0.1) is 5.82 Å². The average molecular weight is 316 g/mol. The van der Waals surface area contributed by atoms with Crippen molar-refractivity contribution in [1.29, 1.82) is 0 Å². The van der Waals surface area contributed by atoms with Gasteiger partial charge < -0.3 is 5.32 Å². The van der Waals surface area contributed by atoms with Gasteiger partial charge in [0.2, 0.25) is 5.91 Å². The quantitative estimate of drug-likeness (QED) is 0.671. The van der Waals surface area contributed by atoms with Gasteiger partial charge >= 0.3 is 0 Å². The number of rotatable bonds is 2. The van der Waals surface area contributed by atoms with Crippen molar-refractivity contribution in [2.24, 2.45) is 10.2 Å². The standard InChI is InChI=1S/C10H7BrFN3OS/c11-7-2-1-6(3-8(7)12)4-13-15-10-14-9(16)5-17-10/h1-4H,5H2,(H,14,15,16). The molecule has 1 amide bonds. The minimum absolute atomic E-state index is 0.0846. The molecule has 1 aromatic carbocycles. The molecule has 0 saturated carbocycles. The van der Waals surface area contributed by atoms with Crippen molar-refractivity contribution in [1.82, 2.24) is 5.32 Å². The van der Waals surface area contributed by atoms with Gasteiger partial charge in [0, 0.05) is 0 Å². The SMILES string of the molecule is O=C1CSC(=NN=Cc2ccc(Br)c(F)c2)N1. The number of thioether (sulfide) groups is 1. The van der Waals surface area contributed by atoms with E-state index in [9.17, 15) is 9.18 Å². The van der Waals surface area contributed by atoms with Crippen LogP contribution >= 0.6 is 27.7 Å². The second-order valence-electron chi connectivity index (χ2n) is 3.16. The molecule has 0 aliphatic carbocycles. The molecule has 0 aromatic heterocycles. The Hall–Kier alpha value is -1.21. The molecule has 1 N–H and O–H groups in total. The number of hydrogen-bond donors (Lipinski definition) is 1. The highest BCUT2D eigenvalue weighted by molar-refractivity contribution is 9.10. The van der Waals surface area contributed by atoms with Crippen LogP contribution in [-0.4, -0.2) is 23.0 Å². The van der Waals surface area contributed by atoms with Gasteiger partial charge in [-0.25, -0.2) is 4.39 Å². The Morgan fingerprint density at radius 2 is 2.35 bits per heavy atom. The molecule has 4 nitrogen and oxygen atoms in total. The van der Waals surface area contributed by atoms with Crippen LogP contribution in [0.4, 0.5) is 4.39 Å². The first-order chi connectivity index (χ1) is 8.15. The molecule has 7 heteroatoms. The smallest absolute Gasteiger partial charge is 0.236 e. The maximum absolute atomic E-state index is 13.2. The van der Waals surface area contributed by atoms with E-state index in [0.29, 0.717) is 21.0 Å². The van der Waals surface area contributed by atoms with Crippen molar-refractivity contribution in [3.63, 3.8) is 0 Å². The number of nitrogens with one attached hydrogen (secondary N) is 1. The molecular weight excluding hydrogens is 309 g/mol. The molecule has 1 heterocycles. The molecule has 2 rings (SSSR count). The molecule has 1 fully saturated rings. The number of halogens is 2. The van der Waals surface area contributed by atoms with Crippen LogP contribution in [0.3, 0.4) is 0 Å². The van der Waals surface area contributed by atoms with E-state index >= 15 is 0 Å². The molecule has 0 spiro atoms. The fraction of sp³-hybridized carbons (Fsp3) is 0.100. The summed E-state index contributed by atoms with van der Waals surface area (Å²) in [6.07, 6.45) is 1.42. The van der Waals surface area contributed by atoms with Crippen LogP contribution in [-0.2, 0) is 4.79 Å². The zero-order chi connectivity index (χ0) is 12.3. The molecule has 1 aromatic rings. The number of carbonyl (C=O) groups is 1. The normalized spacial score (nSPS) is 18.0. The van der Waals surface area contributed by atoms with Crippen molar-refractivity contribution >= 4 is 45.0 Å². The summed E-state index contributed by atoms with van der Waals surface area (Å²) in [6.45, 7) is 0. The van der Waals surface area contributed by atoms with Crippen LogP contribution in [0.5, 0.6) is 0 Å². The number of amidine groups is 1. The molecule has 0 atom stereocenters. The Labute approximate surface area is 110 Å². The maximum atomic E-state index is 13.2. The van der Waals surface area contributed by atoms with Gasteiger partial charge in [-0.05, 0) is 33.6 Å². The molecule has 0 radical (unpaired) electrons. The van der Waals surface area contributed by atoms with Crippen LogP contribution in [0.25, 0.3) is 0 Å². The Morgan fingerprint density at radius 1 is 1.53 bits per heavy atom. The Kier molecular flexibility index (Phi) is 3.90. The second kappa shape index (κ2) is 5.42. The number of nitrogens with zero attached hydrogens (tertiary/aromatic N) is 2. The summed E-state index contributed by atoms with van der Waals surface area (Å²) < 4.78 is 13.6. The summed E-state index contributed by atoms with van der Waals surface area (Å²) in [5.41, 5.74) is 0.601. The topological polar surface area (TPSA) is 53.8 Å². The third-order valence-electron chi connectivity index (χ3n) is 1.89. The van der Waals surface area contributed by atoms with E-state index in [-0.39, 0.29) is 11.7 Å². The number of hydrogen-bond acceptors (Lipinski definition) is 4. The molecule has 1 aliphatic rings. The summed E-state index contributed by atoms with van der Waals surface area (Å²) in [7, 11) is 0. The number of carbonyl (C=O) groups excluding carboxylic acids is 1. The minimum Gasteiger partial charge on any atom is -0.303 e.